The molecule has 0 bridgehead atoms. The van der Waals surface area contributed by atoms with Gasteiger partial charge < -0.3 is 10.6 Å². The number of benzene rings is 1. The van der Waals surface area contributed by atoms with Gasteiger partial charge in [0.15, 0.2) is 0 Å². The number of carbonyl (C=O) groups is 1. The molecule has 16 heavy (non-hydrogen) atoms. The van der Waals surface area contributed by atoms with Crippen molar-refractivity contribution in [1.82, 2.24) is 5.32 Å². The summed E-state index contributed by atoms with van der Waals surface area (Å²) in [5.41, 5.74) is 2.10. The summed E-state index contributed by atoms with van der Waals surface area (Å²) < 4.78 is 0.892. The number of rotatable bonds is 1. The second kappa shape index (κ2) is 4.87. The Kier molecular flexibility index (Phi) is 3.97. The molecule has 4 heteroatoms. The third kappa shape index (κ3) is 3.23. The van der Waals surface area contributed by atoms with Gasteiger partial charge in [-0.15, -0.1) is 0 Å². The third-order valence-corrected chi connectivity index (χ3v) is 2.97. The van der Waals surface area contributed by atoms with Gasteiger partial charge in [0.05, 0.1) is 5.69 Å². The summed E-state index contributed by atoms with van der Waals surface area (Å²) in [6.45, 7) is 6.46. The zero-order chi connectivity index (χ0) is 12.3. The van der Waals surface area contributed by atoms with Crippen molar-refractivity contribution in [3.05, 3.63) is 28.2 Å². The fourth-order valence-corrected chi connectivity index (χ4v) is 1.75. The van der Waals surface area contributed by atoms with Gasteiger partial charge in [0.25, 0.3) is 0 Å². The summed E-state index contributed by atoms with van der Waals surface area (Å²) in [7, 11) is 1.59. The van der Waals surface area contributed by atoms with Gasteiger partial charge in [-0.1, -0.05) is 26.8 Å². The monoisotopic (exact) mass is 284 g/mol. The molecule has 0 fully saturated rings. The highest BCUT2D eigenvalue weighted by atomic mass is 79.9. The summed E-state index contributed by atoms with van der Waals surface area (Å²) in [4.78, 5) is 11.2. The van der Waals surface area contributed by atoms with Crippen molar-refractivity contribution in [2.75, 3.05) is 12.4 Å². The predicted octanol–water partition coefficient (Wildman–Crippen LogP) is 3.50. The second-order valence-corrected chi connectivity index (χ2v) is 5.50. The van der Waals surface area contributed by atoms with Crippen LogP contribution in [-0.2, 0) is 5.41 Å². The van der Waals surface area contributed by atoms with Crippen molar-refractivity contribution in [2.45, 2.75) is 26.2 Å². The maximum absolute atomic E-state index is 11.2. The molecule has 1 aromatic rings. The number of amides is 2. The van der Waals surface area contributed by atoms with Crippen LogP contribution < -0.4 is 10.6 Å². The normalized spacial score (nSPS) is 11.1. The van der Waals surface area contributed by atoms with Crippen molar-refractivity contribution in [3.63, 3.8) is 0 Å². The standard InChI is InChI=1S/C12H17BrN2O/c1-12(2,3)8-5-6-10(9(13)7-8)15-11(16)14-4/h5-7H,1-4H3,(H2,14,15,16). The van der Waals surface area contributed by atoms with Crippen LogP contribution in [-0.4, -0.2) is 13.1 Å². The van der Waals surface area contributed by atoms with E-state index in [1.54, 1.807) is 7.05 Å². The van der Waals surface area contributed by atoms with Gasteiger partial charge in [-0.2, -0.15) is 0 Å². The molecule has 0 radical (unpaired) electrons. The fourth-order valence-electron chi connectivity index (χ4n) is 1.27. The Morgan fingerprint density at radius 2 is 1.94 bits per heavy atom. The van der Waals surface area contributed by atoms with Crippen molar-refractivity contribution >= 4 is 27.6 Å². The number of anilines is 1. The molecule has 0 spiro atoms. The quantitative estimate of drug-likeness (QED) is 0.814. The lowest BCUT2D eigenvalue weighted by Gasteiger charge is -2.20. The summed E-state index contributed by atoms with van der Waals surface area (Å²) in [5, 5.41) is 5.26. The van der Waals surface area contributed by atoms with E-state index in [0.717, 1.165) is 10.2 Å². The molecule has 3 nitrogen and oxygen atoms in total. The van der Waals surface area contributed by atoms with Gasteiger partial charge in [0.2, 0.25) is 0 Å². The summed E-state index contributed by atoms with van der Waals surface area (Å²) in [5.74, 6) is 0. The highest BCUT2D eigenvalue weighted by molar-refractivity contribution is 9.10. The van der Waals surface area contributed by atoms with Gasteiger partial charge in [-0.05, 0) is 39.0 Å². The van der Waals surface area contributed by atoms with Crippen LogP contribution in [0.2, 0.25) is 0 Å². The maximum Gasteiger partial charge on any atom is 0.319 e. The smallest absolute Gasteiger partial charge is 0.319 e. The molecular weight excluding hydrogens is 268 g/mol. The van der Waals surface area contributed by atoms with Gasteiger partial charge in [0.1, 0.15) is 0 Å². The van der Waals surface area contributed by atoms with E-state index in [1.165, 1.54) is 5.56 Å². The zero-order valence-electron chi connectivity index (χ0n) is 10.0. The van der Waals surface area contributed by atoms with E-state index in [0.29, 0.717) is 0 Å². The molecule has 2 N–H and O–H groups in total. The molecule has 88 valence electrons. The fraction of sp³-hybridized carbons (Fsp3) is 0.417. The van der Waals surface area contributed by atoms with Gasteiger partial charge in [-0.3, -0.25) is 0 Å². The first-order chi connectivity index (χ1) is 7.34. The average molecular weight is 285 g/mol. The third-order valence-electron chi connectivity index (χ3n) is 2.31. The van der Waals surface area contributed by atoms with Crippen LogP contribution in [0.5, 0.6) is 0 Å². The molecule has 0 aliphatic rings. The Labute approximate surface area is 105 Å². The van der Waals surface area contributed by atoms with E-state index in [2.05, 4.69) is 47.3 Å². The minimum atomic E-state index is -0.218. The number of halogens is 1. The van der Waals surface area contributed by atoms with Crippen molar-refractivity contribution in [2.24, 2.45) is 0 Å². The number of hydrogen-bond donors (Lipinski definition) is 2. The summed E-state index contributed by atoms with van der Waals surface area (Å²) in [6.07, 6.45) is 0. The van der Waals surface area contributed by atoms with Gasteiger partial charge in [-0.25, -0.2) is 4.79 Å². The Balaban J connectivity index is 2.96. The van der Waals surface area contributed by atoms with E-state index >= 15 is 0 Å². The molecule has 2 amide bonds. The van der Waals surface area contributed by atoms with E-state index in [9.17, 15) is 4.79 Å². The molecule has 1 aromatic carbocycles. The Morgan fingerprint density at radius 1 is 1.31 bits per heavy atom. The number of urea groups is 1. The lowest BCUT2D eigenvalue weighted by molar-refractivity contribution is 0.254. The molecule has 0 atom stereocenters. The van der Waals surface area contributed by atoms with Crippen molar-refractivity contribution < 1.29 is 4.79 Å². The van der Waals surface area contributed by atoms with E-state index in [1.807, 2.05) is 18.2 Å². The van der Waals surface area contributed by atoms with Gasteiger partial charge in [0, 0.05) is 11.5 Å². The van der Waals surface area contributed by atoms with Crippen molar-refractivity contribution in [3.8, 4) is 0 Å². The highest BCUT2D eigenvalue weighted by Gasteiger charge is 2.15. The SMILES string of the molecule is CNC(=O)Nc1ccc(C(C)(C)C)cc1Br. The Hall–Kier alpha value is -1.03. The minimum absolute atomic E-state index is 0.105. The summed E-state index contributed by atoms with van der Waals surface area (Å²) in [6, 6.07) is 5.74. The van der Waals surface area contributed by atoms with Crippen LogP contribution in [0.15, 0.2) is 22.7 Å². The first kappa shape index (κ1) is 13.0. The summed E-state index contributed by atoms with van der Waals surface area (Å²) >= 11 is 3.45. The first-order valence-corrected chi connectivity index (χ1v) is 5.92. The highest BCUT2D eigenvalue weighted by Crippen LogP contribution is 2.29. The van der Waals surface area contributed by atoms with E-state index in [4.69, 9.17) is 0 Å². The largest absolute Gasteiger partial charge is 0.341 e. The lowest BCUT2D eigenvalue weighted by atomic mass is 9.87. The van der Waals surface area contributed by atoms with Crippen LogP contribution in [0.1, 0.15) is 26.3 Å². The minimum Gasteiger partial charge on any atom is -0.341 e. The van der Waals surface area contributed by atoms with Crippen LogP contribution in [0, 0.1) is 0 Å². The molecule has 0 unspecified atom stereocenters. The average Bonchev–Trinajstić information content (AvgIpc) is 2.19. The molecule has 1 rings (SSSR count). The topological polar surface area (TPSA) is 41.1 Å². The molecule has 0 saturated heterocycles. The number of nitrogens with one attached hydrogen (secondary N) is 2. The van der Waals surface area contributed by atoms with Crippen LogP contribution in [0.25, 0.3) is 0 Å². The molecule has 0 aliphatic heterocycles. The Bertz CT molecular complexity index is 396. The first-order valence-electron chi connectivity index (χ1n) is 5.13. The second-order valence-electron chi connectivity index (χ2n) is 4.65. The van der Waals surface area contributed by atoms with Crippen LogP contribution in [0.4, 0.5) is 10.5 Å². The zero-order valence-corrected chi connectivity index (χ0v) is 11.6. The Morgan fingerprint density at radius 3 is 2.38 bits per heavy atom. The van der Waals surface area contributed by atoms with Crippen LogP contribution >= 0.6 is 15.9 Å². The van der Waals surface area contributed by atoms with E-state index in [-0.39, 0.29) is 11.4 Å². The maximum atomic E-state index is 11.2. The molecule has 0 heterocycles. The molecular formula is C12H17BrN2O. The molecule has 0 saturated carbocycles. The molecule has 0 aliphatic carbocycles. The lowest BCUT2D eigenvalue weighted by Crippen LogP contribution is -2.24. The van der Waals surface area contributed by atoms with Gasteiger partial charge >= 0.3 is 6.03 Å². The molecule has 0 aromatic heterocycles. The number of carbonyl (C=O) groups excluding carboxylic acids is 1. The predicted molar refractivity (Wildman–Crippen MR) is 70.9 cm³/mol. The van der Waals surface area contributed by atoms with E-state index < -0.39 is 0 Å². The number of hydrogen-bond acceptors (Lipinski definition) is 1. The van der Waals surface area contributed by atoms with Crippen LogP contribution in [0.3, 0.4) is 0 Å². The van der Waals surface area contributed by atoms with Crippen molar-refractivity contribution in [1.29, 1.82) is 0 Å².